The van der Waals surface area contributed by atoms with Crippen molar-refractivity contribution in [2.75, 3.05) is 6.61 Å². The lowest BCUT2D eigenvalue weighted by atomic mass is 9.90. The van der Waals surface area contributed by atoms with Gasteiger partial charge < -0.3 is 10.1 Å². The second-order valence-corrected chi connectivity index (χ2v) is 7.42. The highest BCUT2D eigenvalue weighted by atomic mass is 32.1. The zero-order valence-corrected chi connectivity index (χ0v) is 13.8. The first kappa shape index (κ1) is 16.0. The summed E-state index contributed by atoms with van der Waals surface area (Å²) < 4.78 is 5.00. The van der Waals surface area contributed by atoms with Crippen molar-refractivity contribution in [1.29, 1.82) is 0 Å². The highest BCUT2D eigenvalue weighted by Crippen LogP contribution is 2.32. The van der Waals surface area contributed by atoms with Crippen LogP contribution in [0.25, 0.3) is 0 Å². The van der Waals surface area contributed by atoms with Crippen LogP contribution in [0.3, 0.4) is 0 Å². The van der Waals surface area contributed by atoms with Crippen LogP contribution in [-0.4, -0.2) is 30.6 Å². The van der Waals surface area contributed by atoms with E-state index in [1.54, 1.807) is 0 Å². The van der Waals surface area contributed by atoms with Gasteiger partial charge in [-0.1, -0.05) is 6.92 Å². The Kier molecular flexibility index (Phi) is 4.66. The number of rotatable bonds is 4. The monoisotopic (exact) mass is 336 g/mol. The summed E-state index contributed by atoms with van der Waals surface area (Å²) in [6, 6.07) is 1.51. The Morgan fingerprint density at radius 1 is 1.30 bits per heavy atom. The maximum atomic E-state index is 12.0. The Morgan fingerprint density at radius 2 is 2.09 bits per heavy atom. The highest BCUT2D eigenvalue weighted by Gasteiger charge is 2.24. The van der Waals surface area contributed by atoms with Gasteiger partial charge in [-0.3, -0.25) is 10.1 Å². The highest BCUT2D eigenvalue weighted by molar-refractivity contribution is 7.14. The van der Waals surface area contributed by atoms with Crippen molar-refractivity contribution in [3.8, 4) is 0 Å². The summed E-state index contributed by atoms with van der Waals surface area (Å²) in [4.78, 5) is 36.8. The maximum absolute atomic E-state index is 12.0. The summed E-state index contributed by atoms with van der Waals surface area (Å²) in [5.74, 6) is -0.488. The molecule has 1 heterocycles. The van der Waals surface area contributed by atoms with E-state index in [4.69, 9.17) is 4.74 Å². The number of esters is 1. The van der Waals surface area contributed by atoms with E-state index in [0.29, 0.717) is 10.8 Å². The third-order valence-corrected chi connectivity index (χ3v) is 5.25. The third-order valence-electron chi connectivity index (χ3n) is 4.03. The number of nitrogens with one attached hydrogen (secondary N) is 2. The van der Waals surface area contributed by atoms with Gasteiger partial charge in [0, 0.05) is 10.9 Å². The van der Waals surface area contributed by atoms with E-state index in [2.05, 4.69) is 17.6 Å². The number of aryl methyl sites for hydroxylation is 1. The molecule has 1 aromatic rings. The third kappa shape index (κ3) is 4.31. The Bertz CT molecular complexity index is 636. The Labute approximate surface area is 138 Å². The van der Waals surface area contributed by atoms with Crippen molar-refractivity contribution < 1.29 is 19.1 Å². The van der Waals surface area contributed by atoms with E-state index >= 15 is 0 Å². The van der Waals surface area contributed by atoms with Crippen molar-refractivity contribution >= 4 is 29.2 Å². The van der Waals surface area contributed by atoms with Gasteiger partial charge in [0.15, 0.2) is 6.61 Å². The standard InChI is InChI=1S/C16H20N2O4S/c1-9-2-5-12-10(6-9)7-13(23-12)15(20)22-8-14(19)18-16(21)17-11-3-4-11/h7,9,11H,2-6,8H2,1H3,(H2,17,18,19,21)/t9-/m0/s1. The number of thiophene rings is 1. The molecule has 1 aromatic heterocycles. The van der Waals surface area contributed by atoms with Crippen molar-refractivity contribution in [3.63, 3.8) is 0 Å². The number of carbonyl (C=O) groups is 3. The number of urea groups is 1. The lowest BCUT2D eigenvalue weighted by molar-refractivity contribution is -0.123. The molecule has 0 saturated heterocycles. The van der Waals surface area contributed by atoms with E-state index in [1.807, 2.05) is 6.07 Å². The summed E-state index contributed by atoms with van der Waals surface area (Å²) in [6.45, 7) is 1.76. The fourth-order valence-corrected chi connectivity index (χ4v) is 3.72. The molecule has 0 radical (unpaired) electrons. The molecular formula is C16H20N2O4S. The van der Waals surface area contributed by atoms with Crippen LogP contribution < -0.4 is 10.6 Å². The fraction of sp³-hybridized carbons (Fsp3) is 0.562. The first-order valence-electron chi connectivity index (χ1n) is 7.90. The van der Waals surface area contributed by atoms with E-state index in [0.717, 1.165) is 32.1 Å². The van der Waals surface area contributed by atoms with Crippen LogP contribution in [0.15, 0.2) is 6.07 Å². The van der Waals surface area contributed by atoms with Crippen molar-refractivity contribution in [3.05, 3.63) is 21.4 Å². The predicted molar refractivity (Wildman–Crippen MR) is 85.5 cm³/mol. The number of ether oxygens (including phenoxy) is 1. The zero-order valence-electron chi connectivity index (χ0n) is 13.0. The van der Waals surface area contributed by atoms with Gasteiger partial charge >= 0.3 is 12.0 Å². The average Bonchev–Trinajstić information content (AvgIpc) is 3.20. The van der Waals surface area contributed by atoms with Crippen LogP contribution in [0, 0.1) is 5.92 Å². The molecule has 3 rings (SSSR count). The molecule has 3 amide bonds. The van der Waals surface area contributed by atoms with E-state index in [9.17, 15) is 14.4 Å². The van der Waals surface area contributed by atoms with Gasteiger partial charge in [0.1, 0.15) is 4.88 Å². The normalized spacial score (nSPS) is 19.6. The zero-order chi connectivity index (χ0) is 16.4. The van der Waals surface area contributed by atoms with Gasteiger partial charge in [-0.2, -0.15) is 0 Å². The predicted octanol–water partition coefficient (Wildman–Crippen LogP) is 2.02. The van der Waals surface area contributed by atoms with Crippen molar-refractivity contribution in [1.82, 2.24) is 10.6 Å². The maximum Gasteiger partial charge on any atom is 0.348 e. The summed E-state index contributed by atoms with van der Waals surface area (Å²) in [5, 5.41) is 4.78. The van der Waals surface area contributed by atoms with Crippen LogP contribution in [0.2, 0.25) is 0 Å². The Balaban J connectivity index is 1.47. The number of amides is 3. The van der Waals surface area contributed by atoms with E-state index in [1.165, 1.54) is 21.8 Å². The number of hydrogen-bond donors (Lipinski definition) is 2. The minimum Gasteiger partial charge on any atom is -0.451 e. The molecule has 0 aromatic carbocycles. The lowest BCUT2D eigenvalue weighted by Crippen LogP contribution is -2.42. The molecule has 0 unspecified atom stereocenters. The molecular weight excluding hydrogens is 316 g/mol. The molecule has 124 valence electrons. The molecule has 1 atom stereocenters. The molecule has 1 fully saturated rings. The Hall–Kier alpha value is -1.89. The second kappa shape index (κ2) is 6.70. The molecule has 0 spiro atoms. The number of hydrogen-bond acceptors (Lipinski definition) is 5. The van der Waals surface area contributed by atoms with Gasteiger partial charge in [-0.05, 0) is 49.7 Å². The van der Waals surface area contributed by atoms with Crippen molar-refractivity contribution in [2.45, 2.75) is 45.1 Å². The molecule has 23 heavy (non-hydrogen) atoms. The lowest BCUT2D eigenvalue weighted by Gasteiger charge is -2.16. The molecule has 2 aliphatic rings. The quantitative estimate of drug-likeness (QED) is 0.824. The van der Waals surface area contributed by atoms with Crippen LogP contribution in [0.4, 0.5) is 4.79 Å². The summed E-state index contributed by atoms with van der Waals surface area (Å²) in [5.41, 5.74) is 1.22. The van der Waals surface area contributed by atoms with Gasteiger partial charge in [-0.15, -0.1) is 11.3 Å². The minimum atomic E-state index is -0.619. The molecule has 2 aliphatic carbocycles. The summed E-state index contributed by atoms with van der Waals surface area (Å²) in [7, 11) is 0. The molecule has 7 heteroatoms. The molecule has 6 nitrogen and oxygen atoms in total. The summed E-state index contributed by atoms with van der Waals surface area (Å²) in [6.07, 6.45) is 5.01. The number of carbonyl (C=O) groups excluding carboxylic acids is 3. The minimum absolute atomic E-state index is 0.171. The smallest absolute Gasteiger partial charge is 0.348 e. The number of fused-ring (bicyclic) bond motifs is 1. The fourth-order valence-electron chi connectivity index (χ4n) is 2.62. The van der Waals surface area contributed by atoms with Gasteiger partial charge in [0.2, 0.25) is 0 Å². The van der Waals surface area contributed by atoms with Gasteiger partial charge in [-0.25, -0.2) is 9.59 Å². The molecule has 0 bridgehead atoms. The Morgan fingerprint density at radius 3 is 2.83 bits per heavy atom. The first-order chi connectivity index (χ1) is 11.0. The SMILES string of the molecule is C[C@H]1CCc2sc(C(=O)OCC(=O)NC(=O)NC3CC3)cc2C1. The first-order valence-corrected chi connectivity index (χ1v) is 8.72. The van der Waals surface area contributed by atoms with Gasteiger partial charge in [0.25, 0.3) is 5.91 Å². The summed E-state index contributed by atoms with van der Waals surface area (Å²) >= 11 is 1.44. The largest absolute Gasteiger partial charge is 0.451 e. The van der Waals surface area contributed by atoms with Crippen LogP contribution in [0.1, 0.15) is 46.3 Å². The van der Waals surface area contributed by atoms with E-state index < -0.39 is 24.5 Å². The molecule has 1 saturated carbocycles. The number of imide groups is 1. The molecule has 0 aliphatic heterocycles. The van der Waals surface area contributed by atoms with Crippen molar-refractivity contribution in [2.24, 2.45) is 5.92 Å². The average molecular weight is 336 g/mol. The van der Waals surface area contributed by atoms with Crippen LogP contribution in [-0.2, 0) is 22.4 Å². The van der Waals surface area contributed by atoms with Gasteiger partial charge in [0.05, 0.1) is 0 Å². The van der Waals surface area contributed by atoms with Crippen LogP contribution >= 0.6 is 11.3 Å². The molecule has 2 N–H and O–H groups in total. The second-order valence-electron chi connectivity index (χ2n) is 6.28. The van der Waals surface area contributed by atoms with Crippen LogP contribution in [0.5, 0.6) is 0 Å². The topological polar surface area (TPSA) is 84.5 Å². The van der Waals surface area contributed by atoms with E-state index in [-0.39, 0.29) is 6.04 Å².